The van der Waals surface area contributed by atoms with Gasteiger partial charge in [-0.2, -0.15) is 0 Å². The second-order valence-corrected chi connectivity index (χ2v) is 4.43. The predicted molar refractivity (Wildman–Crippen MR) is 33.3 cm³/mol. The van der Waals surface area contributed by atoms with Crippen LogP contribution in [0.15, 0.2) is 0 Å². The second-order valence-electron chi connectivity index (χ2n) is 2.98. The first-order chi connectivity index (χ1) is 6.72. The number of hydrogen-bond donors (Lipinski definition) is 3. The second kappa shape index (κ2) is 2.04. The van der Waals surface area contributed by atoms with Crippen LogP contribution in [0.25, 0.3) is 0 Å². The van der Waals surface area contributed by atoms with Crippen LogP contribution in [-0.2, 0) is 27.6 Å². The van der Waals surface area contributed by atoms with E-state index in [0.29, 0.717) is 0 Å². The summed E-state index contributed by atoms with van der Waals surface area (Å²) in [6, 6.07) is 0. The lowest BCUT2D eigenvalue weighted by Crippen LogP contribution is -2.73. The third-order valence-corrected chi connectivity index (χ3v) is 3.44. The van der Waals surface area contributed by atoms with E-state index >= 15 is 0 Å². The third-order valence-electron chi connectivity index (χ3n) is 2.01. The zero-order chi connectivity index (χ0) is 11.1. The molecule has 0 radical (unpaired) electrons. The van der Waals surface area contributed by atoms with E-state index in [0.717, 1.165) is 0 Å². The Bertz CT molecular complexity index is 398. The molecular formula is C4H3O10P. The third kappa shape index (κ3) is 0.821. The molecule has 0 spiro atoms. The van der Waals surface area contributed by atoms with Crippen LogP contribution in [0.4, 0.5) is 4.79 Å². The Hall–Kier alpha value is -0.740. The Kier molecular flexibility index (Phi) is 1.29. The number of aliphatic hydroxyl groups is 3. The van der Waals surface area contributed by atoms with Crippen molar-refractivity contribution in [3.05, 3.63) is 0 Å². The SMILES string of the molecule is O=C1OC(O)(C2(O)OP3(=O)OC2(O)O3)O1. The van der Waals surface area contributed by atoms with E-state index in [1.54, 1.807) is 0 Å². The molecule has 11 heteroatoms. The Morgan fingerprint density at radius 2 is 1.53 bits per heavy atom. The Morgan fingerprint density at radius 1 is 1.00 bits per heavy atom. The molecule has 0 saturated carbocycles. The van der Waals surface area contributed by atoms with E-state index in [4.69, 9.17) is 0 Å². The zero-order valence-electron chi connectivity index (χ0n) is 6.65. The van der Waals surface area contributed by atoms with Crippen molar-refractivity contribution >= 4 is 14.0 Å². The van der Waals surface area contributed by atoms with E-state index in [2.05, 4.69) is 23.0 Å². The van der Waals surface area contributed by atoms with Crippen LogP contribution in [0.3, 0.4) is 0 Å². The van der Waals surface area contributed by atoms with E-state index in [9.17, 15) is 24.7 Å². The number of hydrogen-bond acceptors (Lipinski definition) is 10. The van der Waals surface area contributed by atoms with Crippen LogP contribution >= 0.6 is 7.82 Å². The predicted octanol–water partition coefficient (Wildman–Crippen LogP) is -1.68. The summed E-state index contributed by atoms with van der Waals surface area (Å²) in [5.41, 5.74) is 0. The number of carbonyl (C=O) groups excluding carboxylic acids is 1. The lowest BCUT2D eigenvalue weighted by Gasteiger charge is -2.43. The first-order valence-electron chi connectivity index (χ1n) is 3.53. The van der Waals surface area contributed by atoms with Crippen LogP contribution in [0.1, 0.15) is 0 Å². The van der Waals surface area contributed by atoms with Gasteiger partial charge in [-0.1, -0.05) is 0 Å². The highest BCUT2D eigenvalue weighted by Gasteiger charge is 2.91. The molecule has 3 N–H and O–H groups in total. The smallest absolute Gasteiger partial charge is 0.361 e. The molecular weight excluding hydrogens is 239 g/mol. The van der Waals surface area contributed by atoms with Crippen molar-refractivity contribution in [3.8, 4) is 0 Å². The minimum absolute atomic E-state index is 1.32. The molecule has 1 atom stereocenters. The van der Waals surface area contributed by atoms with Gasteiger partial charge < -0.3 is 24.8 Å². The molecule has 84 valence electrons. The highest BCUT2D eigenvalue weighted by Crippen LogP contribution is 2.78. The number of carbonyl (C=O) groups is 1. The topological polar surface area (TPSA) is 141 Å². The lowest BCUT2D eigenvalue weighted by atomic mass is 10.1. The van der Waals surface area contributed by atoms with Crippen LogP contribution in [0, 0.1) is 0 Å². The van der Waals surface area contributed by atoms with Crippen LogP contribution in [-0.4, -0.2) is 39.2 Å². The summed E-state index contributed by atoms with van der Waals surface area (Å²) in [7, 11) is -4.11. The maximum atomic E-state index is 11.1. The van der Waals surface area contributed by atoms with Gasteiger partial charge in [-0.15, -0.1) is 0 Å². The van der Waals surface area contributed by atoms with Crippen molar-refractivity contribution in [1.29, 1.82) is 0 Å². The molecule has 2 bridgehead atoms. The van der Waals surface area contributed by atoms with Gasteiger partial charge >= 0.3 is 31.7 Å². The number of phosphoric acid groups is 1. The quantitative estimate of drug-likeness (QED) is 0.360. The Labute approximate surface area is 80.5 Å². The van der Waals surface area contributed by atoms with Crippen molar-refractivity contribution in [2.24, 2.45) is 0 Å². The van der Waals surface area contributed by atoms with Crippen LogP contribution < -0.4 is 0 Å². The number of cyclic esters (lactones) is 2. The van der Waals surface area contributed by atoms with Crippen molar-refractivity contribution in [2.75, 3.05) is 0 Å². The first-order valence-corrected chi connectivity index (χ1v) is 4.99. The van der Waals surface area contributed by atoms with Gasteiger partial charge in [-0.3, -0.25) is 0 Å². The minimum atomic E-state index is -4.11. The number of phosphoric ester groups is 1. The van der Waals surface area contributed by atoms with E-state index < -0.39 is 31.7 Å². The average Bonchev–Trinajstić information content (AvgIpc) is 2.28. The van der Waals surface area contributed by atoms with E-state index in [-0.39, 0.29) is 0 Å². The molecule has 0 amide bonds. The molecule has 0 aromatic carbocycles. The van der Waals surface area contributed by atoms with Crippen molar-refractivity contribution in [1.82, 2.24) is 0 Å². The number of ether oxygens (including phenoxy) is 2. The molecule has 4 heterocycles. The summed E-state index contributed by atoms with van der Waals surface area (Å²) in [6.45, 7) is 0. The van der Waals surface area contributed by atoms with Gasteiger partial charge in [-0.25, -0.2) is 22.9 Å². The maximum Gasteiger partial charge on any atom is 0.518 e. The van der Waals surface area contributed by atoms with Crippen molar-refractivity contribution < 1.29 is 47.7 Å². The highest BCUT2D eigenvalue weighted by atomic mass is 31.2. The summed E-state index contributed by atoms with van der Waals surface area (Å²) in [4.78, 5) is 10.3. The molecule has 1 unspecified atom stereocenters. The average molecular weight is 242 g/mol. The normalized spacial score (nSPS) is 55.0. The molecule has 0 aromatic heterocycles. The van der Waals surface area contributed by atoms with Gasteiger partial charge in [0.15, 0.2) is 0 Å². The Balaban J connectivity index is 1.99. The molecule has 0 aromatic rings. The zero-order valence-corrected chi connectivity index (χ0v) is 7.54. The fourth-order valence-electron chi connectivity index (χ4n) is 1.32. The number of fused-ring (bicyclic) bond motifs is 1. The van der Waals surface area contributed by atoms with Crippen LogP contribution in [0.5, 0.6) is 0 Å². The summed E-state index contributed by atoms with van der Waals surface area (Å²) >= 11 is 0. The molecule has 4 saturated heterocycles. The standard InChI is InChI=1S/C4H3O10P/c5-1-10-3(7,11-1)2(6)4(8)13-15(9,12-2)14-4/h6-8H. The van der Waals surface area contributed by atoms with Crippen molar-refractivity contribution in [2.45, 2.75) is 17.7 Å². The summed E-state index contributed by atoms with van der Waals surface area (Å²) < 4.78 is 31.7. The molecule has 4 rings (SSSR count). The van der Waals surface area contributed by atoms with Gasteiger partial charge in [0.2, 0.25) is 0 Å². The summed E-state index contributed by atoms with van der Waals surface area (Å²) in [6.07, 6.45) is -1.32. The minimum Gasteiger partial charge on any atom is -0.361 e. The molecule has 4 fully saturated rings. The monoisotopic (exact) mass is 242 g/mol. The molecule has 15 heavy (non-hydrogen) atoms. The summed E-state index contributed by atoms with van der Waals surface area (Å²) in [5.74, 6) is -9.05. The molecule has 4 aliphatic rings. The molecule has 0 aliphatic carbocycles. The van der Waals surface area contributed by atoms with Gasteiger partial charge in [0.1, 0.15) is 0 Å². The fraction of sp³-hybridized carbons (Fsp3) is 0.750. The Morgan fingerprint density at radius 3 is 1.87 bits per heavy atom. The molecule has 10 nitrogen and oxygen atoms in total. The first kappa shape index (κ1) is 9.48. The van der Waals surface area contributed by atoms with Crippen molar-refractivity contribution in [3.63, 3.8) is 0 Å². The highest BCUT2D eigenvalue weighted by molar-refractivity contribution is 7.50. The largest absolute Gasteiger partial charge is 0.518 e. The maximum absolute atomic E-state index is 11.1. The van der Waals surface area contributed by atoms with Gasteiger partial charge in [-0.05, 0) is 0 Å². The fourth-order valence-corrected chi connectivity index (χ4v) is 2.82. The van der Waals surface area contributed by atoms with E-state index in [1.165, 1.54) is 0 Å². The molecule has 4 aliphatic heterocycles. The number of rotatable bonds is 1. The van der Waals surface area contributed by atoms with Crippen LogP contribution in [0.2, 0.25) is 0 Å². The lowest BCUT2D eigenvalue weighted by molar-refractivity contribution is -0.534. The van der Waals surface area contributed by atoms with E-state index in [1.807, 2.05) is 0 Å². The van der Waals surface area contributed by atoms with Gasteiger partial charge in [0.25, 0.3) is 0 Å². The van der Waals surface area contributed by atoms with Gasteiger partial charge in [0.05, 0.1) is 0 Å². The van der Waals surface area contributed by atoms with Gasteiger partial charge in [0, 0.05) is 0 Å². The summed E-state index contributed by atoms with van der Waals surface area (Å²) in [5, 5.41) is 28.2.